The van der Waals surface area contributed by atoms with Gasteiger partial charge in [0, 0.05) is 36.7 Å². The minimum Gasteiger partial charge on any atom is -0.497 e. The van der Waals surface area contributed by atoms with Crippen LogP contribution in [0.4, 0.5) is 5.69 Å². The molecule has 4 rings (SSSR count). The van der Waals surface area contributed by atoms with Gasteiger partial charge < -0.3 is 29.2 Å². The molecule has 0 aliphatic carbocycles. The van der Waals surface area contributed by atoms with E-state index in [9.17, 15) is 18.0 Å². The second kappa shape index (κ2) is 17.8. The fraction of sp³-hybridized carbons (Fsp3) is 0.316. The summed E-state index contributed by atoms with van der Waals surface area (Å²) >= 11 is 6.35. The number of benzene rings is 4. The molecule has 1 atom stereocenters. The molecular weight excluding hydrogens is 694 g/mol. The summed E-state index contributed by atoms with van der Waals surface area (Å²) in [6.45, 7) is 3.58. The summed E-state index contributed by atoms with van der Waals surface area (Å²) in [7, 11) is 1.17. The molecule has 4 aromatic carbocycles. The summed E-state index contributed by atoms with van der Waals surface area (Å²) < 4.78 is 52.1. The van der Waals surface area contributed by atoms with Crippen molar-refractivity contribution in [2.75, 3.05) is 45.8 Å². The Labute approximate surface area is 305 Å². The van der Waals surface area contributed by atoms with Gasteiger partial charge in [-0.3, -0.25) is 13.9 Å². The topological polar surface area (TPSA) is 124 Å². The Morgan fingerprint density at radius 1 is 0.765 bits per heavy atom. The van der Waals surface area contributed by atoms with Crippen LogP contribution in [0.5, 0.6) is 23.0 Å². The summed E-state index contributed by atoms with van der Waals surface area (Å²) in [6.07, 6.45) is 0.169. The van der Waals surface area contributed by atoms with Crippen LogP contribution in [0.2, 0.25) is 5.02 Å². The number of ether oxygens (including phenoxy) is 4. The number of nitrogens with one attached hydrogen (secondary N) is 1. The van der Waals surface area contributed by atoms with Gasteiger partial charge in [-0.1, -0.05) is 67.9 Å². The van der Waals surface area contributed by atoms with E-state index in [1.54, 1.807) is 36.4 Å². The predicted molar refractivity (Wildman–Crippen MR) is 197 cm³/mol. The number of sulfonamides is 1. The van der Waals surface area contributed by atoms with Crippen LogP contribution in [0.25, 0.3) is 0 Å². The van der Waals surface area contributed by atoms with Gasteiger partial charge in [0.1, 0.15) is 24.1 Å². The first-order valence-electron chi connectivity index (χ1n) is 16.2. The van der Waals surface area contributed by atoms with Crippen molar-refractivity contribution in [3.63, 3.8) is 0 Å². The van der Waals surface area contributed by atoms with Crippen LogP contribution in [0.3, 0.4) is 0 Å². The molecule has 272 valence electrons. The first-order chi connectivity index (χ1) is 24.4. The number of hydrogen-bond donors (Lipinski definition) is 1. The van der Waals surface area contributed by atoms with E-state index in [0.29, 0.717) is 28.6 Å². The van der Waals surface area contributed by atoms with E-state index < -0.39 is 28.5 Å². The number of rotatable bonds is 17. The number of methoxy groups -OCH3 is 4. The standard InChI is InChI=1S/C38H44ClN3O8S/c1-26(2)23-40-38(44)33(20-27-11-8-7-9-12-27)41(24-28-13-10-14-29(39)19-28)37(43)25-42(32-21-30(47-3)15-17-34(32)48-4)51(45,46)31-16-18-35(49-5)36(22-31)50-6/h7-19,21-22,26,33H,20,23-25H2,1-6H3,(H,40,44)/t33-/m1/s1. The maximum absolute atomic E-state index is 14.8. The van der Waals surface area contributed by atoms with E-state index in [0.717, 1.165) is 9.87 Å². The van der Waals surface area contributed by atoms with E-state index in [1.165, 1.54) is 57.6 Å². The summed E-state index contributed by atoms with van der Waals surface area (Å²) in [6, 6.07) is 24.1. The highest BCUT2D eigenvalue weighted by molar-refractivity contribution is 7.92. The molecule has 0 spiro atoms. The Balaban J connectivity index is 1.89. The average Bonchev–Trinajstić information content (AvgIpc) is 3.13. The summed E-state index contributed by atoms with van der Waals surface area (Å²) in [5, 5.41) is 3.43. The summed E-state index contributed by atoms with van der Waals surface area (Å²) in [5.41, 5.74) is 1.51. The quantitative estimate of drug-likeness (QED) is 0.140. The molecule has 0 saturated heterocycles. The number of halogens is 1. The normalized spacial score (nSPS) is 11.8. The third-order valence-corrected chi connectivity index (χ3v) is 10.1. The zero-order valence-corrected chi connectivity index (χ0v) is 31.2. The monoisotopic (exact) mass is 737 g/mol. The van der Waals surface area contributed by atoms with Crippen LogP contribution in [-0.4, -0.2) is 72.7 Å². The lowest BCUT2D eigenvalue weighted by molar-refractivity contribution is -0.140. The largest absolute Gasteiger partial charge is 0.497 e. The smallest absolute Gasteiger partial charge is 0.265 e. The van der Waals surface area contributed by atoms with Gasteiger partial charge in [-0.25, -0.2) is 8.42 Å². The molecule has 0 aromatic heterocycles. The van der Waals surface area contributed by atoms with Gasteiger partial charge in [-0.15, -0.1) is 0 Å². The SMILES string of the molecule is COc1ccc(OC)c(N(CC(=O)N(Cc2cccc(Cl)c2)[C@H](Cc2ccccc2)C(=O)NCC(C)C)S(=O)(=O)c2ccc(OC)c(OC)c2)c1. The predicted octanol–water partition coefficient (Wildman–Crippen LogP) is 5.98. The van der Waals surface area contributed by atoms with Gasteiger partial charge in [0.25, 0.3) is 10.0 Å². The Morgan fingerprint density at radius 2 is 1.43 bits per heavy atom. The molecule has 13 heteroatoms. The van der Waals surface area contributed by atoms with Crippen molar-refractivity contribution < 1.29 is 37.0 Å². The van der Waals surface area contributed by atoms with Crippen LogP contribution >= 0.6 is 11.6 Å². The van der Waals surface area contributed by atoms with Crippen molar-refractivity contribution in [1.29, 1.82) is 0 Å². The molecule has 0 aliphatic heterocycles. The van der Waals surface area contributed by atoms with Gasteiger partial charge in [-0.05, 0) is 53.4 Å². The molecular formula is C38H44ClN3O8S. The maximum atomic E-state index is 14.8. The molecule has 0 heterocycles. The molecule has 0 unspecified atom stereocenters. The first-order valence-corrected chi connectivity index (χ1v) is 18.1. The van der Waals surface area contributed by atoms with Crippen LogP contribution in [0, 0.1) is 5.92 Å². The van der Waals surface area contributed by atoms with Gasteiger partial charge in [0.15, 0.2) is 11.5 Å². The lowest BCUT2D eigenvalue weighted by atomic mass is 10.0. The van der Waals surface area contributed by atoms with E-state index in [-0.39, 0.29) is 46.9 Å². The van der Waals surface area contributed by atoms with Gasteiger partial charge in [0.2, 0.25) is 11.8 Å². The minimum absolute atomic E-state index is 0.0362. The third-order valence-electron chi connectivity index (χ3n) is 8.07. The fourth-order valence-corrected chi connectivity index (χ4v) is 7.06. The van der Waals surface area contributed by atoms with E-state index >= 15 is 0 Å². The zero-order valence-electron chi connectivity index (χ0n) is 29.6. The van der Waals surface area contributed by atoms with Gasteiger partial charge in [-0.2, -0.15) is 0 Å². The molecule has 1 N–H and O–H groups in total. The Kier molecular flexibility index (Phi) is 13.6. The van der Waals surface area contributed by atoms with E-state index in [1.807, 2.05) is 44.2 Å². The van der Waals surface area contributed by atoms with Crippen molar-refractivity contribution >= 4 is 39.1 Å². The number of amides is 2. The second-order valence-corrected chi connectivity index (χ2v) is 14.4. The average molecular weight is 738 g/mol. The van der Waals surface area contributed by atoms with Gasteiger partial charge >= 0.3 is 0 Å². The number of hydrogen-bond acceptors (Lipinski definition) is 8. The number of carbonyl (C=O) groups excluding carboxylic acids is 2. The molecule has 0 radical (unpaired) electrons. The molecule has 0 fully saturated rings. The van der Waals surface area contributed by atoms with E-state index in [2.05, 4.69) is 5.32 Å². The summed E-state index contributed by atoms with van der Waals surface area (Å²) in [4.78, 5) is 30.1. The van der Waals surface area contributed by atoms with Crippen molar-refractivity contribution in [3.05, 3.63) is 107 Å². The third kappa shape index (κ3) is 9.86. The lowest BCUT2D eigenvalue weighted by Gasteiger charge is -2.34. The fourth-order valence-electron chi connectivity index (χ4n) is 5.42. The van der Waals surface area contributed by atoms with Crippen molar-refractivity contribution in [3.8, 4) is 23.0 Å². The maximum Gasteiger partial charge on any atom is 0.265 e. The molecule has 0 bridgehead atoms. The highest BCUT2D eigenvalue weighted by Gasteiger charge is 2.36. The van der Waals surface area contributed by atoms with Gasteiger partial charge in [0.05, 0.1) is 39.0 Å². The lowest BCUT2D eigenvalue weighted by Crippen LogP contribution is -2.53. The Hall–Kier alpha value is -4.94. The highest BCUT2D eigenvalue weighted by atomic mass is 35.5. The molecule has 51 heavy (non-hydrogen) atoms. The second-order valence-electron chi connectivity index (χ2n) is 12.1. The highest BCUT2D eigenvalue weighted by Crippen LogP contribution is 2.38. The van der Waals surface area contributed by atoms with Crippen LogP contribution < -0.4 is 28.6 Å². The number of anilines is 1. The molecule has 4 aromatic rings. The number of carbonyl (C=O) groups is 2. The molecule has 0 aliphatic rings. The Bertz CT molecular complexity index is 1910. The van der Waals surface area contributed by atoms with Crippen LogP contribution in [-0.2, 0) is 32.6 Å². The van der Waals surface area contributed by atoms with Crippen molar-refractivity contribution in [1.82, 2.24) is 10.2 Å². The van der Waals surface area contributed by atoms with Crippen molar-refractivity contribution in [2.45, 2.75) is 37.8 Å². The van der Waals surface area contributed by atoms with E-state index in [4.69, 9.17) is 30.5 Å². The van der Waals surface area contributed by atoms with Crippen LogP contribution in [0.15, 0.2) is 95.9 Å². The number of nitrogens with zero attached hydrogens (tertiary/aromatic N) is 2. The summed E-state index contributed by atoms with van der Waals surface area (Å²) in [5.74, 6) is 0.115. The minimum atomic E-state index is -4.51. The zero-order chi connectivity index (χ0) is 37.1. The Morgan fingerprint density at radius 3 is 2.06 bits per heavy atom. The molecule has 11 nitrogen and oxygen atoms in total. The molecule has 0 saturated carbocycles. The first kappa shape index (κ1) is 38.9. The van der Waals surface area contributed by atoms with Crippen molar-refractivity contribution in [2.24, 2.45) is 5.92 Å². The molecule has 2 amide bonds. The van der Waals surface area contributed by atoms with Crippen LogP contribution in [0.1, 0.15) is 25.0 Å².